The monoisotopic (exact) mass is 319 g/mol. The van der Waals surface area contributed by atoms with E-state index < -0.39 is 11.5 Å². The number of benzene rings is 1. The minimum Gasteiger partial charge on any atom is -0.486 e. The Morgan fingerprint density at radius 1 is 1.09 bits per heavy atom. The van der Waals surface area contributed by atoms with Crippen molar-refractivity contribution in [2.24, 2.45) is 0 Å². The summed E-state index contributed by atoms with van der Waals surface area (Å²) in [5.74, 6) is -0.0820. The van der Waals surface area contributed by atoms with Crippen LogP contribution < -0.4 is 9.47 Å². The summed E-state index contributed by atoms with van der Waals surface area (Å²) in [4.78, 5) is 26.0. The van der Waals surface area contributed by atoms with Gasteiger partial charge in [-0.1, -0.05) is 19.3 Å². The molecule has 0 spiro atoms. The number of carbonyl (C=O) groups is 2. The van der Waals surface area contributed by atoms with Gasteiger partial charge in [-0.3, -0.25) is 4.79 Å². The lowest BCUT2D eigenvalue weighted by Crippen LogP contribution is -2.56. The Balaban J connectivity index is 1.87. The van der Waals surface area contributed by atoms with Crippen molar-refractivity contribution in [3.05, 3.63) is 23.8 Å². The summed E-state index contributed by atoms with van der Waals surface area (Å²) < 4.78 is 10.9. The van der Waals surface area contributed by atoms with Gasteiger partial charge in [0.15, 0.2) is 11.5 Å². The second-order valence-corrected chi connectivity index (χ2v) is 6.12. The quantitative estimate of drug-likeness (QED) is 0.925. The molecular weight excluding hydrogens is 298 g/mol. The highest BCUT2D eigenvalue weighted by atomic mass is 16.6. The van der Waals surface area contributed by atoms with Gasteiger partial charge in [-0.25, -0.2) is 4.79 Å². The molecule has 6 nitrogen and oxygen atoms in total. The van der Waals surface area contributed by atoms with Gasteiger partial charge in [-0.15, -0.1) is 0 Å². The number of likely N-dealkylation sites (N-methyl/N-ethyl adjacent to an activating group) is 1. The average Bonchev–Trinajstić information content (AvgIpc) is 2.60. The first-order chi connectivity index (χ1) is 11.0. The molecule has 1 aromatic carbocycles. The fraction of sp³-hybridized carbons (Fsp3) is 0.529. The summed E-state index contributed by atoms with van der Waals surface area (Å²) in [5.41, 5.74) is -0.689. The summed E-state index contributed by atoms with van der Waals surface area (Å²) >= 11 is 0. The van der Waals surface area contributed by atoms with Gasteiger partial charge in [0, 0.05) is 12.6 Å². The van der Waals surface area contributed by atoms with E-state index in [0.29, 0.717) is 43.1 Å². The second kappa shape index (κ2) is 6.10. The lowest BCUT2D eigenvalue weighted by molar-refractivity contribution is -0.151. The summed E-state index contributed by atoms with van der Waals surface area (Å²) in [6, 6.07) is 4.99. The molecule has 1 aliphatic heterocycles. The molecule has 124 valence electrons. The first kappa shape index (κ1) is 15.6. The van der Waals surface area contributed by atoms with Crippen molar-refractivity contribution in [2.45, 2.75) is 37.6 Å². The molecule has 3 rings (SSSR count). The fourth-order valence-corrected chi connectivity index (χ4v) is 3.39. The summed E-state index contributed by atoms with van der Waals surface area (Å²) in [7, 11) is 1.58. The van der Waals surface area contributed by atoms with Crippen LogP contribution in [0.4, 0.5) is 0 Å². The molecule has 1 fully saturated rings. The van der Waals surface area contributed by atoms with E-state index in [-0.39, 0.29) is 5.91 Å². The van der Waals surface area contributed by atoms with Crippen molar-refractivity contribution >= 4 is 11.9 Å². The Bertz CT molecular complexity index is 621. The van der Waals surface area contributed by atoms with Gasteiger partial charge in [0.25, 0.3) is 5.91 Å². The van der Waals surface area contributed by atoms with Crippen molar-refractivity contribution < 1.29 is 24.2 Å². The zero-order chi connectivity index (χ0) is 16.4. The molecule has 0 bridgehead atoms. The molecule has 0 saturated heterocycles. The zero-order valence-corrected chi connectivity index (χ0v) is 13.2. The van der Waals surface area contributed by atoms with Crippen molar-refractivity contribution in [1.82, 2.24) is 4.90 Å². The fourth-order valence-electron chi connectivity index (χ4n) is 3.39. The van der Waals surface area contributed by atoms with Crippen LogP contribution in [0.25, 0.3) is 0 Å². The molecule has 23 heavy (non-hydrogen) atoms. The number of carbonyl (C=O) groups excluding carboxylic acids is 1. The predicted octanol–water partition coefficient (Wildman–Crippen LogP) is 2.32. The minimum absolute atomic E-state index is 0.300. The molecule has 1 amide bonds. The first-order valence-corrected chi connectivity index (χ1v) is 7.96. The van der Waals surface area contributed by atoms with Gasteiger partial charge < -0.3 is 19.5 Å². The largest absolute Gasteiger partial charge is 0.486 e. The number of hydrogen-bond acceptors (Lipinski definition) is 4. The van der Waals surface area contributed by atoms with Gasteiger partial charge in [-0.2, -0.15) is 0 Å². The van der Waals surface area contributed by atoms with Crippen molar-refractivity contribution in [2.75, 3.05) is 20.3 Å². The Labute approximate surface area is 135 Å². The summed E-state index contributed by atoms with van der Waals surface area (Å²) in [5, 5.41) is 9.71. The van der Waals surface area contributed by atoms with Crippen LogP contribution in [0.2, 0.25) is 0 Å². The SMILES string of the molecule is CN(C(=O)c1ccc2c(c1)OCCO2)C1(C(=O)O)CCCCC1. The van der Waals surface area contributed by atoms with E-state index >= 15 is 0 Å². The third kappa shape index (κ3) is 2.73. The van der Waals surface area contributed by atoms with E-state index in [9.17, 15) is 14.7 Å². The lowest BCUT2D eigenvalue weighted by atomic mass is 9.80. The molecule has 0 radical (unpaired) electrons. The van der Waals surface area contributed by atoms with E-state index in [1.807, 2.05) is 0 Å². The van der Waals surface area contributed by atoms with Crippen LogP contribution in [0, 0.1) is 0 Å². The predicted molar refractivity (Wildman–Crippen MR) is 83.0 cm³/mol. The molecule has 2 aliphatic rings. The second-order valence-electron chi connectivity index (χ2n) is 6.12. The van der Waals surface area contributed by atoms with Gasteiger partial charge in [0.2, 0.25) is 0 Å². The third-order valence-electron chi connectivity index (χ3n) is 4.81. The van der Waals surface area contributed by atoms with Crippen LogP contribution >= 0.6 is 0 Å². The van der Waals surface area contributed by atoms with Crippen molar-refractivity contribution in [3.63, 3.8) is 0 Å². The van der Waals surface area contributed by atoms with Gasteiger partial charge in [0.05, 0.1) is 0 Å². The molecule has 1 saturated carbocycles. The van der Waals surface area contributed by atoms with Crippen molar-refractivity contribution in [1.29, 1.82) is 0 Å². The van der Waals surface area contributed by atoms with Crippen LogP contribution in [0.5, 0.6) is 11.5 Å². The number of rotatable bonds is 3. The Morgan fingerprint density at radius 2 is 1.74 bits per heavy atom. The van der Waals surface area contributed by atoms with Gasteiger partial charge in [-0.05, 0) is 31.0 Å². The van der Waals surface area contributed by atoms with E-state index in [4.69, 9.17) is 9.47 Å². The third-order valence-corrected chi connectivity index (χ3v) is 4.81. The minimum atomic E-state index is -1.11. The summed E-state index contributed by atoms with van der Waals surface area (Å²) in [6.45, 7) is 0.932. The Morgan fingerprint density at radius 3 is 2.39 bits per heavy atom. The van der Waals surface area contributed by atoms with Crippen LogP contribution in [-0.4, -0.2) is 47.7 Å². The normalized spacial score (nSPS) is 19.0. The standard InChI is InChI=1S/C17H21NO5/c1-18(17(16(20)21)7-3-2-4-8-17)15(19)12-5-6-13-14(11-12)23-10-9-22-13/h5-6,11H,2-4,7-10H2,1H3,(H,20,21). The smallest absolute Gasteiger partial charge is 0.329 e. The van der Waals surface area contributed by atoms with E-state index in [2.05, 4.69) is 0 Å². The molecule has 0 atom stereocenters. The van der Waals surface area contributed by atoms with Crippen LogP contribution in [0.3, 0.4) is 0 Å². The summed E-state index contributed by atoms with van der Waals surface area (Å²) in [6.07, 6.45) is 3.65. The number of amides is 1. The van der Waals surface area contributed by atoms with Gasteiger partial charge >= 0.3 is 5.97 Å². The number of aliphatic carboxylic acids is 1. The topological polar surface area (TPSA) is 76.1 Å². The Hall–Kier alpha value is -2.24. The van der Waals surface area contributed by atoms with E-state index in [1.54, 1.807) is 25.2 Å². The average molecular weight is 319 g/mol. The first-order valence-electron chi connectivity index (χ1n) is 7.96. The highest BCUT2D eigenvalue weighted by Crippen LogP contribution is 2.36. The number of carboxylic acid groups (broad SMARTS) is 1. The number of nitrogens with zero attached hydrogens (tertiary/aromatic N) is 1. The number of ether oxygens (including phenoxy) is 2. The molecule has 1 N–H and O–H groups in total. The molecular formula is C17H21NO5. The number of hydrogen-bond donors (Lipinski definition) is 1. The van der Waals surface area contributed by atoms with E-state index in [1.165, 1.54) is 4.90 Å². The maximum atomic E-state index is 12.8. The molecule has 6 heteroatoms. The number of fused-ring (bicyclic) bond motifs is 1. The molecule has 0 unspecified atom stereocenters. The highest BCUT2D eigenvalue weighted by molar-refractivity contribution is 5.98. The lowest BCUT2D eigenvalue weighted by Gasteiger charge is -2.41. The molecule has 1 heterocycles. The van der Waals surface area contributed by atoms with Crippen LogP contribution in [0.15, 0.2) is 18.2 Å². The van der Waals surface area contributed by atoms with Crippen LogP contribution in [0.1, 0.15) is 42.5 Å². The maximum absolute atomic E-state index is 12.8. The highest BCUT2D eigenvalue weighted by Gasteiger charge is 2.45. The molecule has 1 aliphatic carbocycles. The van der Waals surface area contributed by atoms with E-state index in [0.717, 1.165) is 19.3 Å². The van der Waals surface area contributed by atoms with Crippen molar-refractivity contribution in [3.8, 4) is 11.5 Å². The molecule has 0 aromatic heterocycles. The zero-order valence-electron chi connectivity index (χ0n) is 13.2. The molecule has 1 aromatic rings. The number of carboxylic acids is 1. The van der Waals surface area contributed by atoms with Gasteiger partial charge in [0.1, 0.15) is 18.8 Å². The van der Waals surface area contributed by atoms with Crippen LogP contribution in [-0.2, 0) is 4.79 Å². The Kier molecular flexibility index (Phi) is 4.15. The maximum Gasteiger partial charge on any atom is 0.329 e.